The molecule has 71 heavy (non-hydrogen) atoms. The van der Waals surface area contributed by atoms with Crippen molar-refractivity contribution in [3.05, 3.63) is 179 Å². The maximum atomic E-state index is 12.4. The molecule has 8 rings (SSSR count). The number of carbonyl (C=O) groups is 3. The van der Waals surface area contributed by atoms with Crippen LogP contribution < -0.4 is 35.6 Å². The Morgan fingerprint density at radius 2 is 1.03 bits per heavy atom. The molecule has 0 aliphatic rings. The third-order valence-electron chi connectivity index (χ3n) is 10.5. The molecule has 16 nitrogen and oxygen atoms in total. The number of imidazole rings is 2. The number of aromatic nitrogens is 4. The number of nitrogens with one attached hydrogen (secondary N) is 2. The number of para-hydroxylation sites is 4. The van der Waals surface area contributed by atoms with Crippen molar-refractivity contribution in [2.24, 2.45) is 10.9 Å². The monoisotopic (exact) mass is 965 g/mol. The van der Waals surface area contributed by atoms with Crippen LogP contribution in [-0.4, -0.2) is 83.6 Å². The van der Waals surface area contributed by atoms with E-state index in [1.54, 1.807) is 64.8 Å². The van der Waals surface area contributed by atoms with Gasteiger partial charge in [-0.05, 0) is 84.3 Å². The van der Waals surface area contributed by atoms with Gasteiger partial charge in [-0.3, -0.25) is 19.8 Å². The first-order valence-electron chi connectivity index (χ1n) is 22.5. The third-order valence-corrected chi connectivity index (χ3v) is 10.5. The number of ether oxygens (including phenoxy) is 4. The van der Waals surface area contributed by atoms with E-state index in [0.717, 1.165) is 52.1 Å². The first kappa shape index (κ1) is 55.3. The van der Waals surface area contributed by atoms with E-state index in [1.807, 2.05) is 78.9 Å². The van der Waals surface area contributed by atoms with Crippen LogP contribution in [0.1, 0.15) is 67.3 Å². The number of hydrazone groups is 1. The lowest BCUT2D eigenvalue weighted by atomic mass is 10.2. The maximum Gasteiger partial charge on any atom is 1.00 e. The molecular formula is C55H65N8O8+. The lowest BCUT2D eigenvalue weighted by molar-refractivity contribution is -0.121. The van der Waals surface area contributed by atoms with Crippen LogP contribution in [-0.2, 0) is 35.5 Å². The Bertz CT molecular complexity index is 2930. The van der Waals surface area contributed by atoms with Crippen molar-refractivity contribution in [1.82, 2.24) is 30.0 Å². The van der Waals surface area contributed by atoms with Crippen molar-refractivity contribution < 1.29 is 39.9 Å². The van der Waals surface area contributed by atoms with Gasteiger partial charge in [-0.15, -0.1) is 0 Å². The lowest BCUT2D eigenvalue weighted by Crippen LogP contribution is -2.30. The molecule has 0 saturated carbocycles. The molecule has 0 aliphatic heterocycles. The molecule has 2 aromatic heterocycles. The number of hydrogen-bond donors (Lipinski definition) is 4. The predicted molar refractivity (Wildman–Crippen MR) is 280 cm³/mol. The SMILES string of the molecule is C.CCO.COc1ccc(/C=N/NC(=O)CCc2nc3ccccc3n2Cc2ccccc2)cc1OC.COc1ccc(C=O)cc1OC.NNC(=O)CCc1nc2ccccc2n1Cc1ccccc1.[H+]. The molecule has 5 N–H and O–H groups in total. The van der Waals surface area contributed by atoms with Crippen molar-refractivity contribution in [3.8, 4) is 23.0 Å². The van der Waals surface area contributed by atoms with Crippen LogP contribution in [0.2, 0.25) is 0 Å². The lowest BCUT2D eigenvalue weighted by Gasteiger charge is -2.09. The van der Waals surface area contributed by atoms with E-state index >= 15 is 0 Å². The van der Waals surface area contributed by atoms with Crippen LogP contribution in [0.5, 0.6) is 23.0 Å². The van der Waals surface area contributed by atoms with Gasteiger partial charge in [0, 0.05) is 50.9 Å². The maximum absolute atomic E-state index is 12.4. The highest BCUT2D eigenvalue weighted by Crippen LogP contribution is 2.28. The van der Waals surface area contributed by atoms with E-state index in [1.165, 1.54) is 18.2 Å². The number of nitrogens with zero attached hydrogens (tertiary/aromatic N) is 5. The van der Waals surface area contributed by atoms with Crippen molar-refractivity contribution in [2.45, 2.75) is 53.1 Å². The Hall–Kier alpha value is -8.34. The van der Waals surface area contributed by atoms with E-state index in [4.69, 9.17) is 34.9 Å². The number of aliphatic hydroxyl groups excluding tert-OH is 1. The van der Waals surface area contributed by atoms with Crippen molar-refractivity contribution in [1.29, 1.82) is 0 Å². The number of benzene rings is 6. The summed E-state index contributed by atoms with van der Waals surface area (Å²) in [6.07, 6.45) is 4.02. The van der Waals surface area contributed by atoms with Gasteiger partial charge in [0.05, 0.1) is 56.7 Å². The van der Waals surface area contributed by atoms with Crippen LogP contribution in [0, 0.1) is 0 Å². The molecule has 0 bridgehead atoms. The molecule has 0 radical (unpaired) electrons. The smallest absolute Gasteiger partial charge is 0.493 e. The number of fused-ring (bicyclic) bond motifs is 2. The van der Waals surface area contributed by atoms with E-state index < -0.39 is 0 Å². The van der Waals surface area contributed by atoms with Gasteiger partial charge in [-0.2, -0.15) is 5.10 Å². The summed E-state index contributed by atoms with van der Waals surface area (Å²) in [5, 5.41) is 11.6. The third kappa shape index (κ3) is 16.4. The van der Waals surface area contributed by atoms with Gasteiger partial charge in [-0.1, -0.05) is 92.4 Å². The van der Waals surface area contributed by atoms with Crippen molar-refractivity contribution >= 4 is 46.4 Å². The zero-order chi connectivity index (χ0) is 50.1. The standard InChI is InChI=1S/C26H26N4O3.C17H18N4O.C9H10O3.C2H6O.CH4/c1-32-23-13-12-20(16-24(23)33-2)17-27-29-26(31)15-14-25-28-21-10-6-7-11-22(21)30(25)18-19-8-4-3-5-9-19;18-20-17(22)11-10-16-19-14-8-4-5-9-15(14)21(16)12-13-6-2-1-3-7-13;1-11-8-4-3-7(6-10)5-9(8)12-2;1-2-3;/h3-13,16-17H,14-15,18H2,1-2H3,(H,29,31);1-9H,10-12,18H2,(H,20,22);3-6H,1-2H3;3H,2H2,1H3;1H4/p+1/b27-17+;;;;. The van der Waals surface area contributed by atoms with Gasteiger partial charge in [0.2, 0.25) is 11.8 Å². The normalized spacial score (nSPS) is 10.3. The average Bonchev–Trinajstić information content (AvgIpc) is 3.94. The molecule has 0 fully saturated rings. The molecule has 0 saturated heterocycles. The largest absolute Gasteiger partial charge is 1.00 e. The van der Waals surface area contributed by atoms with Crippen molar-refractivity contribution in [2.75, 3.05) is 35.0 Å². The molecule has 8 aromatic rings. The Morgan fingerprint density at radius 3 is 1.46 bits per heavy atom. The van der Waals surface area contributed by atoms with Crippen LogP contribution in [0.3, 0.4) is 0 Å². The number of rotatable bonds is 17. The minimum absolute atomic E-state index is 0. The predicted octanol–water partition coefficient (Wildman–Crippen LogP) is 8.46. The Kier molecular flexibility index (Phi) is 23.0. The number of hydrogen-bond acceptors (Lipinski definition) is 12. The highest BCUT2D eigenvalue weighted by Gasteiger charge is 2.14. The second-order valence-corrected chi connectivity index (χ2v) is 15.2. The van der Waals surface area contributed by atoms with Gasteiger partial charge < -0.3 is 33.2 Å². The number of aldehydes is 1. The summed E-state index contributed by atoms with van der Waals surface area (Å²) in [6, 6.07) is 46.9. The van der Waals surface area contributed by atoms with E-state index in [2.05, 4.69) is 66.5 Å². The summed E-state index contributed by atoms with van der Waals surface area (Å²) in [7, 11) is 6.25. The van der Waals surface area contributed by atoms with Gasteiger partial charge in [0.15, 0.2) is 23.0 Å². The molecule has 2 heterocycles. The quantitative estimate of drug-likeness (QED) is 0.0224. The molecule has 0 atom stereocenters. The fourth-order valence-electron chi connectivity index (χ4n) is 7.13. The number of methoxy groups -OCH3 is 4. The molecular weight excluding hydrogens is 901 g/mol. The topological polar surface area (TPSA) is 206 Å². The van der Waals surface area contributed by atoms with Crippen LogP contribution in [0.25, 0.3) is 22.1 Å². The van der Waals surface area contributed by atoms with Crippen LogP contribution >= 0.6 is 0 Å². The number of aliphatic hydroxyl groups is 1. The highest BCUT2D eigenvalue weighted by molar-refractivity contribution is 5.84. The van der Waals surface area contributed by atoms with E-state index in [-0.39, 0.29) is 33.7 Å². The average molecular weight is 966 g/mol. The number of carbonyl (C=O) groups excluding carboxylic acids is 3. The molecule has 372 valence electrons. The van der Waals surface area contributed by atoms with Crippen LogP contribution in [0.4, 0.5) is 0 Å². The molecule has 0 unspecified atom stereocenters. The minimum atomic E-state index is -0.182. The summed E-state index contributed by atoms with van der Waals surface area (Å²) in [5.74, 6) is 9.00. The Labute approximate surface area is 416 Å². The molecule has 0 spiro atoms. The molecule has 16 heteroatoms. The number of aryl methyl sites for hydroxylation is 2. The van der Waals surface area contributed by atoms with Crippen molar-refractivity contribution in [3.63, 3.8) is 0 Å². The van der Waals surface area contributed by atoms with E-state index in [0.29, 0.717) is 54.4 Å². The zero-order valence-corrected chi connectivity index (χ0v) is 40.1. The summed E-state index contributed by atoms with van der Waals surface area (Å²) < 4.78 is 24.8. The Balaban J connectivity index is 0.000000302. The summed E-state index contributed by atoms with van der Waals surface area (Å²) in [4.78, 5) is 43.6. The summed E-state index contributed by atoms with van der Waals surface area (Å²) in [5.41, 5.74) is 12.5. The minimum Gasteiger partial charge on any atom is -0.493 e. The summed E-state index contributed by atoms with van der Waals surface area (Å²) >= 11 is 0. The fraction of sp³-hybridized carbons (Fsp3) is 0.236. The summed E-state index contributed by atoms with van der Waals surface area (Å²) in [6.45, 7) is 3.37. The first-order valence-corrected chi connectivity index (χ1v) is 22.5. The van der Waals surface area contributed by atoms with Crippen LogP contribution in [0.15, 0.2) is 151 Å². The van der Waals surface area contributed by atoms with Gasteiger partial charge in [0.25, 0.3) is 0 Å². The second-order valence-electron chi connectivity index (χ2n) is 15.2. The number of amides is 2. The van der Waals surface area contributed by atoms with Gasteiger partial charge in [-0.25, -0.2) is 21.2 Å². The highest BCUT2D eigenvalue weighted by atomic mass is 16.5. The van der Waals surface area contributed by atoms with E-state index in [9.17, 15) is 14.4 Å². The zero-order valence-electron chi connectivity index (χ0n) is 41.1. The fourth-order valence-corrected chi connectivity index (χ4v) is 7.13. The number of nitrogens with two attached hydrogens (primary N) is 1. The molecule has 2 amide bonds. The first-order chi connectivity index (χ1) is 34.2. The van der Waals surface area contributed by atoms with Gasteiger partial charge >= 0.3 is 1.43 Å². The van der Waals surface area contributed by atoms with Gasteiger partial charge in [0.1, 0.15) is 17.9 Å². The molecule has 6 aromatic carbocycles. The number of hydrazine groups is 1. The second kappa shape index (κ2) is 29.5. The Morgan fingerprint density at radius 1 is 0.620 bits per heavy atom. The molecule has 0 aliphatic carbocycles.